The Kier molecular flexibility index (Phi) is 7.30. The Morgan fingerprint density at radius 1 is 1.26 bits per heavy atom. The van der Waals surface area contributed by atoms with Crippen molar-refractivity contribution in [2.45, 2.75) is 51.9 Å². The molecule has 0 saturated heterocycles. The van der Waals surface area contributed by atoms with Crippen LogP contribution in [0.2, 0.25) is 0 Å². The molecular weight excluding hydrogens is 244 g/mol. The van der Waals surface area contributed by atoms with Crippen molar-refractivity contribution in [1.29, 1.82) is 0 Å². The predicted octanol–water partition coefficient (Wildman–Crippen LogP) is 2.37. The summed E-state index contributed by atoms with van der Waals surface area (Å²) in [6, 6.07) is -0.258. The van der Waals surface area contributed by atoms with E-state index in [-0.39, 0.29) is 12.6 Å². The van der Waals surface area contributed by atoms with Crippen molar-refractivity contribution in [3.05, 3.63) is 0 Å². The summed E-state index contributed by atoms with van der Waals surface area (Å²) in [5.74, 6) is -0.505. The summed E-state index contributed by atoms with van der Waals surface area (Å²) in [6.07, 6.45) is 8.10. The van der Waals surface area contributed by atoms with Crippen molar-refractivity contribution in [1.82, 2.24) is 10.6 Å². The molecule has 0 radical (unpaired) electrons. The highest BCUT2D eigenvalue weighted by Crippen LogP contribution is 2.28. The van der Waals surface area contributed by atoms with Crippen LogP contribution in [0.1, 0.15) is 51.9 Å². The first kappa shape index (κ1) is 15.8. The summed E-state index contributed by atoms with van der Waals surface area (Å²) in [6.45, 7) is 2.67. The Bertz CT molecular complexity index is 288. The number of carbonyl (C=O) groups is 2. The molecule has 0 spiro atoms. The van der Waals surface area contributed by atoms with Gasteiger partial charge < -0.3 is 15.7 Å². The number of carboxylic acid groups (broad SMARTS) is 1. The van der Waals surface area contributed by atoms with Crippen molar-refractivity contribution in [2.75, 3.05) is 13.1 Å². The van der Waals surface area contributed by atoms with Crippen LogP contribution in [0.4, 0.5) is 4.79 Å². The van der Waals surface area contributed by atoms with E-state index in [9.17, 15) is 9.59 Å². The molecule has 0 aromatic rings. The third-order valence-electron chi connectivity index (χ3n) is 3.90. The van der Waals surface area contributed by atoms with Crippen molar-refractivity contribution >= 4 is 12.0 Å². The first-order valence-corrected chi connectivity index (χ1v) is 7.38. The quantitative estimate of drug-likeness (QED) is 0.592. The Hall–Kier alpha value is -1.26. The molecule has 0 aromatic carbocycles. The summed E-state index contributed by atoms with van der Waals surface area (Å²) >= 11 is 0. The molecule has 1 aliphatic carbocycles. The topological polar surface area (TPSA) is 78.4 Å². The van der Waals surface area contributed by atoms with Crippen LogP contribution in [0.5, 0.6) is 0 Å². The standard InChI is InChI=1S/C14H26N2O3/c1-2-12(13(17)18)10-16-14(19)15-9-5-8-11-6-3-4-7-11/h11-12H,2-10H2,1H3,(H,17,18)(H2,15,16,19). The maximum atomic E-state index is 11.5. The molecule has 0 aromatic heterocycles. The summed E-state index contributed by atoms with van der Waals surface area (Å²) in [5, 5.41) is 14.2. The molecule has 1 saturated carbocycles. The number of carbonyl (C=O) groups excluding carboxylic acids is 1. The lowest BCUT2D eigenvalue weighted by molar-refractivity contribution is -0.141. The van der Waals surface area contributed by atoms with Crippen LogP contribution in [0.25, 0.3) is 0 Å². The van der Waals surface area contributed by atoms with Gasteiger partial charge in [0.15, 0.2) is 0 Å². The van der Waals surface area contributed by atoms with Gasteiger partial charge in [0.2, 0.25) is 0 Å². The molecule has 5 nitrogen and oxygen atoms in total. The fraction of sp³-hybridized carbons (Fsp3) is 0.857. The number of aliphatic carboxylic acids is 1. The molecule has 1 aliphatic rings. The molecule has 110 valence electrons. The maximum absolute atomic E-state index is 11.5. The van der Waals surface area contributed by atoms with Gasteiger partial charge in [-0.05, 0) is 25.2 Å². The number of rotatable bonds is 8. The van der Waals surface area contributed by atoms with Crippen LogP contribution in [-0.4, -0.2) is 30.2 Å². The average molecular weight is 270 g/mol. The molecule has 1 unspecified atom stereocenters. The van der Waals surface area contributed by atoms with Crippen molar-refractivity contribution in [3.63, 3.8) is 0 Å². The monoisotopic (exact) mass is 270 g/mol. The van der Waals surface area contributed by atoms with Gasteiger partial charge in [0.05, 0.1) is 5.92 Å². The molecular formula is C14H26N2O3. The smallest absolute Gasteiger partial charge is 0.314 e. The Morgan fingerprint density at radius 2 is 1.95 bits per heavy atom. The molecule has 1 rings (SSSR count). The largest absolute Gasteiger partial charge is 0.481 e. The summed E-state index contributed by atoms with van der Waals surface area (Å²) in [7, 11) is 0. The van der Waals surface area contributed by atoms with Crippen LogP contribution in [0.15, 0.2) is 0 Å². The van der Waals surface area contributed by atoms with Gasteiger partial charge in [0, 0.05) is 13.1 Å². The van der Waals surface area contributed by atoms with E-state index in [0.29, 0.717) is 13.0 Å². The van der Waals surface area contributed by atoms with E-state index in [1.165, 1.54) is 32.1 Å². The third-order valence-corrected chi connectivity index (χ3v) is 3.90. The maximum Gasteiger partial charge on any atom is 0.314 e. The van der Waals surface area contributed by atoms with Crippen LogP contribution < -0.4 is 10.6 Å². The highest BCUT2D eigenvalue weighted by atomic mass is 16.4. The van der Waals surface area contributed by atoms with Crippen molar-refractivity contribution in [3.8, 4) is 0 Å². The zero-order valence-corrected chi connectivity index (χ0v) is 11.8. The molecule has 3 N–H and O–H groups in total. The highest BCUT2D eigenvalue weighted by molar-refractivity contribution is 5.75. The van der Waals surface area contributed by atoms with Crippen LogP contribution >= 0.6 is 0 Å². The van der Waals surface area contributed by atoms with Gasteiger partial charge in [-0.2, -0.15) is 0 Å². The van der Waals surface area contributed by atoms with E-state index in [0.717, 1.165) is 12.3 Å². The van der Waals surface area contributed by atoms with Crippen LogP contribution in [-0.2, 0) is 4.79 Å². The lowest BCUT2D eigenvalue weighted by Crippen LogP contribution is -2.40. The minimum Gasteiger partial charge on any atom is -0.481 e. The summed E-state index contributed by atoms with van der Waals surface area (Å²) in [4.78, 5) is 22.2. The molecule has 1 atom stereocenters. The minimum absolute atomic E-state index is 0.195. The first-order chi connectivity index (χ1) is 9.13. The van der Waals surface area contributed by atoms with Crippen molar-refractivity contribution in [2.24, 2.45) is 11.8 Å². The van der Waals surface area contributed by atoms with E-state index >= 15 is 0 Å². The van der Waals surface area contributed by atoms with Gasteiger partial charge in [-0.1, -0.05) is 32.6 Å². The van der Waals surface area contributed by atoms with E-state index < -0.39 is 11.9 Å². The Morgan fingerprint density at radius 3 is 2.53 bits per heavy atom. The van der Waals surface area contributed by atoms with E-state index in [1.807, 2.05) is 0 Å². The Balaban J connectivity index is 2.02. The van der Waals surface area contributed by atoms with Gasteiger partial charge in [-0.3, -0.25) is 4.79 Å². The highest BCUT2D eigenvalue weighted by Gasteiger charge is 2.16. The average Bonchev–Trinajstić information content (AvgIpc) is 2.88. The van der Waals surface area contributed by atoms with Gasteiger partial charge in [0.25, 0.3) is 0 Å². The molecule has 0 bridgehead atoms. The molecule has 0 heterocycles. The number of carboxylic acids is 1. The number of nitrogens with one attached hydrogen (secondary N) is 2. The Labute approximate surface area is 115 Å². The summed E-state index contributed by atoms with van der Waals surface area (Å²) in [5.41, 5.74) is 0. The molecule has 0 aliphatic heterocycles. The van der Waals surface area contributed by atoms with E-state index in [1.54, 1.807) is 6.92 Å². The predicted molar refractivity (Wildman–Crippen MR) is 74.0 cm³/mol. The lowest BCUT2D eigenvalue weighted by atomic mass is 10.0. The second kappa shape index (κ2) is 8.77. The molecule has 2 amide bonds. The lowest BCUT2D eigenvalue weighted by Gasteiger charge is -2.12. The second-order valence-corrected chi connectivity index (χ2v) is 5.37. The van der Waals surface area contributed by atoms with Crippen LogP contribution in [0.3, 0.4) is 0 Å². The second-order valence-electron chi connectivity index (χ2n) is 5.37. The van der Waals surface area contributed by atoms with Gasteiger partial charge in [-0.15, -0.1) is 0 Å². The zero-order valence-electron chi connectivity index (χ0n) is 11.8. The van der Waals surface area contributed by atoms with E-state index in [4.69, 9.17) is 5.11 Å². The third kappa shape index (κ3) is 6.45. The fourth-order valence-corrected chi connectivity index (χ4v) is 2.58. The van der Waals surface area contributed by atoms with Crippen LogP contribution in [0, 0.1) is 11.8 Å². The molecule has 5 heteroatoms. The number of amides is 2. The van der Waals surface area contributed by atoms with Gasteiger partial charge in [0.1, 0.15) is 0 Å². The zero-order chi connectivity index (χ0) is 14.1. The summed E-state index contributed by atoms with van der Waals surface area (Å²) < 4.78 is 0. The first-order valence-electron chi connectivity index (χ1n) is 7.38. The number of hydrogen-bond donors (Lipinski definition) is 3. The van der Waals surface area contributed by atoms with E-state index in [2.05, 4.69) is 10.6 Å². The SMILES string of the molecule is CCC(CNC(=O)NCCCC1CCCC1)C(=O)O. The molecule has 19 heavy (non-hydrogen) atoms. The normalized spacial score (nSPS) is 17.1. The van der Waals surface area contributed by atoms with Gasteiger partial charge >= 0.3 is 12.0 Å². The van der Waals surface area contributed by atoms with Gasteiger partial charge in [-0.25, -0.2) is 4.79 Å². The van der Waals surface area contributed by atoms with Crippen molar-refractivity contribution < 1.29 is 14.7 Å². The molecule has 1 fully saturated rings. The fourth-order valence-electron chi connectivity index (χ4n) is 2.58. The number of urea groups is 1. The minimum atomic E-state index is -0.857. The number of hydrogen-bond acceptors (Lipinski definition) is 2.